The number of aryl methyl sites for hydroxylation is 2. The molecule has 10 heteroatoms. The molecule has 0 radical (unpaired) electrons. The van der Waals surface area contributed by atoms with E-state index in [9.17, 15) is 14.0 Å². The lowest BCUT2D eigenvalue weighted by atomic mass is 10.1. The quantitative estimate of drug-likeness (QED) is 0.328. The first-order valence-corrected chi connectivity index (χ1v) is 9.85. The van der Waals surface area contributed by atoms with Crippen molar-refractivity contribution >= 4 is 29.3 Å². The van der Waals surface area contributed by atoms with E-state index in [2.05, 4.69) is 15.1 Å². The van der Waals surface area contributed by atoms with E-state index in [1.54, 1.807) is 11.4 Å². The third-order valence-corrected chi connectivity index (χ3v) is 4.91. The van der Waals surface area contributed by atoms with Gasteiger partial charge >= 0.3 is 5.97 Å². The number of halogens is 1. The number of hydrogen-bond donors (Lipinski definition) is 0. The van der Waals surface area contributed by atoms with Crippen LogP contribution < -0.4 is 4.74 Å². The van der Waals surface area contributed by atoms with Crippen molar-refractivity contribution in [2.45, 2.75) is 25.4 Å². The van der Waals surface area contributed by atoms with Gasteiger partial charge in [0.25, 0.3) is 5.78 Å². The number of hydrogen-bond acceptors (Lipinski definition) is 8. The fourth-order valence-electron chi connectivity index (χ4n) is 2.80. The zero-order valence-corrected chi connectivity index (χ0v) is 17.2. The number of benzene rings is 1. The largest absolute Gasteiger partial charge is 0.494 e. The number of carbonyl (C=O) groups excluding carboxylic acids is 2. The van der Waals surface area contributed by atoms with Gasteiger partial charge in [0.15, 0.2) is 24.0 Å². The number of aromatic nitrogens is 4. The fraction of sp³-hybridized carbons (Fsp3) is 0.316. The van der Waals surface area contributed by atoms with Crippen LogP contribution in [0.5, 0.6) is 5.75 Å². The molecule has 2 heterocycles. The average molecular weight is 418 g/mol. The number of thioether (sulfide) groups is 1. The van der Waals surface area contributed by atoms with Crippen LogP contribution >= 0.6 is 11.8 Å². The maximum Gasteiger partial charge on any atom is 0.310 e. The normalized spacial score (nSPS) is 10.9. The molecule has 0 spiro atoms. The van der Waals surface area contributed by atoms with Crippen LogP contribution in [0.15, 0.2) is 23.4 Å². The minimum atomic E-state index is -0.659. The predicted octanol–water partition coefficient (Wildman–Crippen LogP) is 2.58. The number of Topliss-reactive ketones (excluding diaryl/α,β-unsaturated/α-hetero) is 1. The van der Waals surface area contributed by atoms with Crippen molar-refractivity contribution in [2.24, 2.45) is 0 Å². The van der Waals surface area contributed by atoms with Crippen LogP contribution in [0.1, 0.15) is 27.3 Å². The Balaban J connectivity index is 1.69. The molecule has 152 valence electrons. The summed E-state index contributed by atoms with van der Waals surface area (Å²) in [6, 6.07) is 3.81. The Morgan fingerprint density at radius 1 is 1.24 bits per heavy atom. The minimum absolute atomic E-state index is 0.0325. The highest BCUT2D eigenvalue weighted by molar-refractivity contribution is 7.98. The molecule has 29 heavy (non-hydrogen) atoms. The van der Waals surface area contributed by atoms with E-state index in [0.717, 1.165) is 11.8 Å². The molecule has 2 aromatic heterocycles. The van der Waals surface area contributed by atoms with Gasteiger partial charge in [0.2, 0.25) is 5.16 Å². The van der Waals surface area contributed by atoms with Crippen molar-refractivity contribution in [2.75, 3.05) is 20.0 Å². The van der Waals surface area contributed by atoms with E-state index in [1.165, 1.54) is 31.0 Å². The molecule has 3 rings (SSSR count). The standard InChI is InChI=1S/C19H19FN4O4S/c1-10-13(11(2)24-18(21-10)22-19(23-24)29-4)8-17(26)28-9-15(25)12-5-6-16(27-3)14(20)7-12/h5-7H,8-9H2,1-4H3. The predicted molar refractivity (Wildman–Crippen MR) is 104 cm³/mol. The van der Waals surface area contributed by atoms with Crippen LogP contribution in [-0.2, 0) is 16.0 Å². The molecular weight excluding hydrogens is 399 g/mol. The second-order valence-electron chi connectivity index (χ2n) is 6.18. The Kier molecular flexibility index (Phi) is 6.12. The molecule has 0 fully saturated rings. The minimum Gasteiger partial charge on any atom is -0.494 e. The van der Waals surface area contributed by atoms with Gasteiger partial charge in [-0.2, -0.15) is 4.98 Å². The first kappa shape index (κ1) is 20.7. The van der Waals surface area contributed by atoms with Gasteiger partial charge in [-0.15, -0.1) is 5.10 Å². The summed E-state index contributed by atoms with van der Waals surface area (Å²) in [5.41, 5.74) is 2.11. The Hall–Kier alpha value is -3.01. The summed E-state index contributed by atoms with van der Waals surface area (Å²) in [4.78, 5) is 33.1. The smallest absolute Gasteiger partial charge is 0.310 e. The lowest BCUT2D eigenvalue weighted by Gasteiger charge is -2.10. The highest BCUT2D eigenvalue weighted by Gasteiger charge is 2.18. The van der Waals surface area contributed by atoms with Gasteiger partial charge in [0.1, 0.15) is 0 Å². The number of nitrogens with zero attached hydrogens (tertiary/aromatic N) is 4. The molecule has 0 aliphatic rings. The maximum absolute atomic E-state index is 13.7. The second kappa shape index (κ2) is 8.56. The van der Waals surface area contributed by atoms with Crippen molar-refractivity contribution in [1.82, 2.24) is 19.6 Å². The molecule has 0 saturated carbocycles. The first-order chi connectivity index (χ1) is 13.8. The molecule has 0 amide bonds. The van der Waals surface area contributed by atoms with Gasteiger partial charge < -0.3 is 9.47 Å². The van der Waals surface area contributed by atoms with Gasteiger partial charge in [-0.25, -0.2) is 13.9 Å². The summed E-state index contributed by atoms with van der Waals surface area (Å²) in [5.74, 6) is -1.27. The average Bonchev–Trinajstić information content (AvgIpc) is 3.12. The molecule has 3 aromatic rings. The molecular formula is C19H19FN4O4S. The number of rotatable bonds is 7. The van der Waals surface area contributed by atoms with Crippen molar-refractivity contribution in [1.29, 1.82) is 0 Å². The number of carbonyl (C=O) groups is 2. The van der Waals surface area contributed by atoms with E-state index >= 15 is 0 Å². The highest BCUT2D eigenvalue weighted by atomic mass is 32.2. The fourth-order valence-corrected chi connectivity index (χ4v) is 3.13. The monoisotopic (exact) mass is 418 g/mol. The SMILES string of the molecule is COc1ccc(C(=O)COC(=O)Cc2c(C)nc3nc(SC)nn3c2C)cc1F. The molecule has 8 nitrogen and oxygen atoms in total. The van der Waals surface area contributed by atoms with Gasteiger partial charge in [0, 0.05) is 22.5 Å². The van der Waals surface area contributed by atoms with E-state index in [-0.39, 0.29) is 17.7 Å². The van der Waals surface area contributed by atoms with E-state index in [1.807, 2.05) is 13.2 Å². The number of fused-ring (bicyclic) bond motifs is 1. The lowest BCUT2D eigenvalue weighted by molar-refractivity contribution is -0.141. The number of ketones is 1. The van der Waals surface area contributed by atoms with Gasteiger partial charge in [-0.1, -0.05) is 11.8 Å². The molecule has 0 N–H and O–H groups in total. The summed E-state index contributed by atoms with van der Waals surface area (Å²) in [6.07, 6.45) is 1.79. The summed E-state index contributed by atoms with van der Waals surface area (Å²) in [6.45, 7) is 3.10. The van der Waals surface area contributed by atoms with Crippen LogP contribution in [-0.4, -0.2) is 51.3 Å². The molecule has 0 aliphatic carbocycles. The Bertz CT molecular complexity index is 1100. The third-order valence-electron chi connectivity index (χ3n) is 4.37. The third kappa shape index (κ3) is 4.37. The molecule has 0 atom stereocenters. The molecule has 0 aliphatic heterocycles. The van der Waals surface area contributed by atoms with E-state index in [0.29, 0.717) is 22.2 Å². The summed E-state index contributed by atoms with van der Waals surface area (Å²) in [5, 5.41) is 4.91. The summed E-state index contributed by atoms with van der Waals surface area (Å²) >= 11 is 1.39. The first-order valence-electron chi connectivity index (χ1n) is 8.63. The van der Waals surface area contributed by atoms with Crippen molar-refractivity contribution in [3.63, 3.8) is 0 Å². The highest BCUT2D eigenvalue weighted by Crippen LogP contribution is 2.19. The van der Waals surface area contributed by atoms with Crippen molar-refractivity contribution in [3.8, 4) is 5.75 Å². The van der Waals surface area contributed by atoms with Crippen LogP contribution in [0.25, 0.3) is 5.78 Å². The second-order valence-corrected chi connectivity index (χ2v) is 6.95. The Labute approximate surface area is 170 Å². The van der Waals surface area contributed by atoms with Crippen LogP contribution in [0.4, 0.5) is 4.39 Å². The van der Waals surface area contributed by atoms with Crippen LogP contribution in [0, 0.1) is 19.7 Å². The zero-order valence-electron chi connectivity index (χ0n) is 16.4. The summed E-state index contributed by atoms with van der Waals surface area (Å²) < 4.78 is 25.2. The molecule has 0 saturated heterocycles. The molecule has 0 bridgehead atoms. The topological polar surface area (TPSA) is 95.7 Å². The number of methoxy groups -OCH3 is 1. The van der Waals surface area contributed by atoms with Gasteiger partial charge in [-0.05, 0) is 38.3 Å². The van der Waals surface area contributed by atoms with Gasteiger partial charge in [0.05, 0.1) is 13.5 Å². The van der Waals surface area contributed by atoms with Gasteiger partial charge in [-0.3, -0.25) is 9.59 Å². The number of esters is 1. The number of ether oxygens (including phenoxy) is 2. The van der Waals surface area contributed by atoms with Crippen molar-refractivity contribution < 1.29 is 23.5 Å². The Morgan fingerprint density at radius 3 is 2.66 bits per heavy atom. The molecule has 1 aromatic carbocycles. The van der Waals surface area contributed by atoms with Crippen LogP contribution in [0.2, 0.25) is 0 Å². The van der Waals surface area contributed by atoms with E-state index < -0.39 is 24.2 Å². The maximum atomic E-state index is 13.7. The Morgan fingerprint density at radius 2 is 2.00 bits per heavy atom. The van der Waals surface area contributed by atoms with Crippen molar-refractivity contribution in [3.05, 3.63) is 46.5 Å². The zero-order chi connectivity index (χ0) is 21.1. The summed E-state index contributed by atoms with van der Waals surface area (Å²) in [7, 11) is 1.33. The van der Waals surface area contributed by atoms with E-state index in [4.69, 9.17) is 9.47 Å². The van der Waals surface area contributed by atoms with Crippen LogP contribution in [0.3, 0.4) is 0 Å². The lowest BCUT2D eigenvalue weighted by Crippen LogP contribution is -2.18. The molecule has 0 unspecified atom stereocenters.